The van der Waals surface area contributed by atoms with Crippen molar-refractivity contribution in [2.75, 3.05) is 0 Å². The predicted molar refractivity (Wildman–Crippen MR) is 83.8 cm³/mol. The molecule has 6 nitrogen and oxygen atoms in total. The summed E-state index contributed by atoms with van der Waals surface area (Å²) in [5.41, 5.74) is 0.842. The number of esters is 1. The molecule has 1 heterocycles. The lowest BCUT2D eigenvalue weighted by Crippen LogP contribution is -2.52. The average molecular weight is 316 g/mol. The highest BCUT2D eigenvalue weighted by Crippen LogP contribution is 2.65. The number of hydrogen-bond donors (Lipinski definition) is 2. The molecule has 2 bridgehead atoms. The first-order valence-corrected chi connectivity index (χ1v) is 7.59. The summed E-state index contributed by atoms with van der Waals surface area (Å²) in [6.07, 6.45) is 2.61. The number of ether oxygens (including phenoxy) is 1. The van der Waals surface area contributed by atoms with Crippen LogP contribution in [0.25, 0.3) is 0 Å². The molecule has 1 saturated heterocycles. The van der Waals surface area contributed by atoms with Gasteiger partial charge >= 0.3 is 5.97 Å². The molecule has 3 rings (SSSR count). The van der Waals surface area contributed by atoms with Gasteiger partial charge in [0, 0.05) is 5.41 Å². The molecule has 0 unspecified atom stereocenters. The second kappa shape index (κ2) is 4.81. The summed E-state index contributed by atoms with van der Waals surface area (Å²) in [6.45, 7) is 5.65. The Balaban J connectivity index is 1.76. The molecule has 2 fully saturated rings. The second-order valence-electron chi connectivity index (χ2n) is 6.96. The number of hydrazone groups is 1. The molecule has 1 aromatic rings. The largest absolute Gasteiger partial charge is 0.508 e. The van der Waals surface area contributed by atoms with Gasteiger partial charge in [-0.15, -0.1) is 0 Å². The van der Waals surface area contributed by atoms with E-state index in [9.17, 15) is 14.7 Å². The van der Waals surface area contributed by atoms with Crippen LogP contribution >= 0.6 is 0 Å². The lowest BCUT2D eigenvalue weighted by molar-refractivity contribution is -0.168. The van der Waals surface area contributed by atoms with E-state index >= 15 is 0 Å². The standard InChI is InChI=1S/C17H20N2O4/c1-15(2)16(3)8-9-17(15,23-14(16)22)13(21)19-18-10-11-4-6-12(20)7-5-11/h4-7,10,20H,8-9H2,1-3H3,(H,19,21)/b18-10+/t16-,17+/m1/s1. The van der Waals surface area contributed by atoms with Gasteiger partial charge in [0.15, 0.2) is 5.60 Å². The number of phenolic OH excluding ortho intramolecular Hbond substituents is 1. The first kappa shape index (κ1) is 15.5. The van der Waals surface area contributed by atoms with Crippen molar-refractivity contribution in [3.63, 3.8) is 0 Å². The molecule has 122 valence electrons. The molecular formula is C17H20N2O4. The van der Waals surface area contributed by atoms with Crippen LogP contribution < -0.4 is 5.43 Å². The summed E-state index contributed by atoms with van der Waals surface area (Å²) in [5.74, 6) is -0.548. The fraction of sp³-hybridized carbons (Fsp3) is 0.471. The Labute approximate surface area is 134 Å². The highest BCUT2D eigenvalue weighted by molar-refractivity contribution is 5.96. The highest BCUT2D eigenvalue weighted by Gasteiger charge is 2.75. The fourth-order valence-corrected chi connectivity index (χ4v) is 3.56. The number of rotatable bonds is 3. The quantitative estimate of drug-likeness (QED) is 0.507. The Bertz CT molecular complexity index is 695. The molecule has 1 amide bonds. The lowest BCUT2D eigenvalue weighted by atomic mass is 9.66. The van der Waals surface area contributed by atoms with Gasteiger partial charge < -0.3 is 9.84 Å². The summed E-state index contributed by atoms with van der Waals surface area (Å²) >= 11 is 0. The van der Waals surface area contributed by atoms with Gasteiger partial charge in [0.25, 0.3) is 5.91 Å². The Morgan fingerprint density at radius 3 is 2.43 bits per heavy atom. The predicted octanol–water partition coefficient (Wildman–Crippen LogP) is 1.96. The summed E-state index contributed by atoms with van der Waals surface area (Å²) in [4.78, 5) is 24.8. The van der Waals surface area contributed by atoms with Crippen LogP contribution in [-0.2, 0) is 14.3 Å². The van der Waals surface area contributed by atoms with Crippen molar-refractivity contribution in [2.24, 2.45) is 15.9 Å². The molecule has 0 radical (unpaired) electrons. The topological polar surface area (TPSA) is 88.0 Å². The van der Waals surface area contributed by atoms with Crippen LogP contribution in [0.5, 0.6) is 5.75 Å². The van der Waals surface area contributed by atoms with Crippen molar-refractivity contribution in [1.29, 1.82) is 0 Å². The van der Waals surface area contributed by atoms with Crippen molar-refractivity contribution >= 4 is 18.1 Å². The molecular weight excluding hydrogens is 296 g/mol. The van der Waals surface area contributed by atoms with E-state index < -0.39 is 22.3 Å². The number of amides is 1. The zero-order chi connectivity index (χ0) is 16.9. The first-order chi connectivity index (χ1) is 10.7. The number of hydrogen-bond acceptors (Lipinski definition) is 5. The number of nitrogens with zero attached hydrogens (tertiary/aromatic N) is 1. The third-order valence-corrected chi connectivity index (χ3v) is 5.72. The van der Waals surface area contributed by atoms with Crippen molar-refractivity contribution in [1.82, 2.24) is 5.43 Å². The molecule has 1 aromatic carbocycles. The van der Waals surface area contributed by atoms with E-state index in [0.29, 0.717) is 12.8 Å². The van der Waals surface area contributed by atoms with Gasteiger partial charge in [0.1, 0.15) is 5.75 Å². The minimum Gasteiger partial charge on any atom is -0.508 e. The number of aromatic hydroxyl groups is 1. The summed E-state index contributed by atoms with van der Waals surface area (Å²) in [6, 6.07) is 6.42. The molecule has 1 aliphatic carbocycles. The van der Waals surface area contributed by atoms with Gasteiger partial charge in [-0.25, -0.2) is 5.43 Å². The van der Waals surface area contributed by atoms with E-state index in [1.54, 1.807) is 12.1 Å². The molecule has 0 spiro atoms. The van der Waals surface area contributed by atoms with Gasteiger partial charge in [-0.3, -0.25) is 9.59 Å². The molecule has 2 aliphatic rings. The monoisotopic (exact) mass is 316 g/mol. The molecule has 23 heavy (non-hydrogen) atoms. The smallest absolute Gasteiger partial charge is 0.313 e. The van der Waals surface area contributed by atoms with Crippen LogP contribution in [0.2, 0.25) is 0 Å². The average Bonchev–Trinajstić information content (AvgIpc) is 2.79. The Kier molecular flexibility index (Phi) is 3.25. The molecule has 0 aromatic heterocycles. The third-order valence-electron chi connectivity index (χ3n) is 5.72. The molecule has 1 aliphatic heterocycles. The fourth-order valence-electron chi connectivity index (χ4n) is 3.56. The maximum Gasteiger partial charge on any atom is 0.313 e. The Morgan fingerprint density at radius 1 is 1.26 bits per heavy atom. The SMILES string of the molecule is CC1(C)[C@@]2(C(=O)N/N=C/c3ccc(O)cc3)CC[C@]1(C)C(=O)O2. The Hall–Kier alpha value is -2.37. The second-order valence-corrected chi connectivity index (χ2v) is 6.96. The number of carbonyl (C=O) groups excluding carboxylic acids is 2. The van der Waals surface area contributed by atoms with Crippen molar-refractivity contribution in [2.45, 2.75) is 39.2 Å². The van der Waals surface area contributed by atoms with E-state index in [0.717, 1.165) is 5.56 Å². The zero-order valence-electron chi connectivity index (χ0n) is 13.4. The minimum atomic E-state index is -1.16. The Morgan fingerprint density at radius 2 is 1.91 bits per heavy atom. The van der Waals surface area contributed by atoms with E-state index in [2.05, 4.69) is 10.5 Å². The van der Waals surface area contributed by atoms with Crippen LogP contribution in [-0.4, -0.2) is 28.8 Å². The van der Waals surface area contributed by atoms with Gasteiger partial charge in [0.2, 0.25) is 0 Å². The van der Waals surface area contributed by atoms with Crippen LogP contribution in [0.15, 0.2) is 29.4 Å². The van der Waals surface area contributed by atoms with Gasteiger partial charge in [-0.05, 0) is 49.6 Å². The third kappa shape index (κ3) is 1.97. The van der Waals surface area contributed by atoms with Crippen LogP contribution in [0.1, 0.15) is 39.2 Å². The summed E-state index contributed by atoms with van der Waals surface area (Å²) in [5, 5.41) is 13.2. The maximum atomic E-state index is 12.6. The first-order valence-electron chi connectivity index (χ1n) is 7.59. The summed E-state index contributed by atoms with van der Waals surface area (Å²) in [7, 11) is 0. The van der Waals surface area contributed by atoms with Gasteiger partial charge in [-0.1, -0.05) is 13.8 Å². The van der Waals surface area contributed by atoms with Gasteiger partial charge in [-0.2, -0.15) is 5.10 Å². The zero-order valence-corrected chi connectivity index (χ0v) is 13.4. The molecule has 2 N–H and O–H groups in total. The van der Waals surface area contributed by atoms with Crippen LogP contribution in [0, 0.1) is 10.8 Å². The number of fused-ring (bicyclic) bond motifs is 2. The normalized spacial score (nSPS) is 31.3. The van der Waals surface area contributed by atoms with Crippen LogP contribution in [0.4, 0.5) is 0 Å². The minimum absolute atomic E-state index is 0.162. The van der Waals surface area contributed by atoms with Gasteiger partial charge in [0.05, 0.1) is 11.6 Å². The van der Waals surface area contributed by atoms with Crippen LogP contribution in [0.3, 0.4) is 0 Å². The lowest BCUT2D eigenvalue weighted by Gasteiger charge is -2.34. The summed E-state index contributed by atoms with van der Waals surface area (Å²) < 4.78 is 5.49. The number of phenols is 1. The van der Waals surface area contributed by atoms with E-state index in [1.807, 2.05) is 20.8 Å². The van der Waals surface area contributed by atoms with E-state index in [-0.39, 0.29) is 11.7 Å². The number of benzene rings is 1. The van der Waals surface area contributed by atoms with E-state index in [4.69, 9.17) is 4.74 Å². The maximum absolute atomic E-state index is 12.6. The molecule has 1 saturated carbocycles. The molecule has 6 heteroatoms. The molecule has 2 atom stereocenters. The number of nitrogens with one attached hydrogen (secondary N) is 1. The number of carbonyl (C=O) groups is 2. The van der Waals surface area contributed by atoms with Crippen molar-refractivity contribution in [3.8, 4) is 5.75 Å². The highest BCUT2D eigenvalue weighted by atomic mass is 16.6. The van der Waals surface area contributed by atoms with Crippen molar-refractivity contribution < 1.29 is 19.4 Å². The van der Waals surface area contributed by atoms with E-state index in [1.165, 1.54) is 18.3 Å². The van der Waals surface area contributed by atoms with Crippen molar-refractivity contribution in [3.05, 3.63) is 29.8 Å².